The molecule has 3 heterocycles. The number of rotatable bonds is 4. The molecule has 0 atom stereocenters. The van der Waals surface area contributed by atoms with E-state index in [1.807, 2.05) is 41.4 Å². The highest BCUT2D eigenvalue weighted by Gasteiger charge is 2.47. The lowest BCUT2D eigenvalue weighted by atomic mass is 9.90. The number of pyridine rings is 1. The van der Waals surface area contributed by atoms with E-state index >= 15 is 0 Å². The van der Waals surface area contributed by atoms with E-state index in [1.54, 1.807) is 22.6 Å². The van der Waals surface area contributed by atoms with Crippen molar-refractivity contribution in [2.24, 2.45) is 0 Å². The molecule has 2 aliphatic heterocycles. The van der Waals surface area contributed by atoms with Crippen molar-refractivity contribution in [3.05, 3.63) is 60.9 Å². The van der Waals surface area contributed by atoms with Crippen LogP contribution in [0, 0.1) is 0 Å². The Labute approximate surface area is 199 Å². The highest BCUT2D eigenvalue weighted by Crippen LogP contribution is 2.37. The minimum Gasteiger partial charge on any atom is -0.363 e. The zero-order valence-corrected chi connectivity index (χ0v) is 19.7. The van der Waals surface area contributed by atoms with Gasteiger partial charge in [-0.3, -0.25) is 9.78 Å². The van der Waals surface area contributed by atoms with Gasteiger partial charge in [0.05, 0.1) is 17.0 Å². The van der Waals surface area contributed by atoms with Crippen LogP contribution in [-0.4, -0.2) is 66.4 Å². The molecular formula is C26H27N3O4S. The standard InChI is InChI=1S/C26H27N3O4S/c30-25-17-33-26(18-29(25)23-5-6-23)10-13-28(14-11-26)34(31,32)24-7-3-19(4-8-24)21-2-1-20-9-12-27-16-22(20)15-21/h1-4,7-9,12,15-16,23H,5-6,10-11,13-14,17-18H2. The fraction of sp³-hybridized carbons (Fsp3) is 0.385. The van der Waals surface area contributed by atoms with Crippen LogP contribution in [0.3, 0.4) is 0 Å². The summed E-state index contributed by atoms with van der Waals surface area (Å²) in [4.78, 5) is 18.6. The third kappa shape index (κ3) is 3.89. The van der Waals surface area contributed by atoms with Crippen LogP contribution in [0.4, 0.5) is 0 Å². The summed E-state index contributed by atoms with van der Waals surface area (Å²) >= 11 is 0. The minimum absolute atomic E-state index is 0.0611. The van der Waals surface area contributed by atoms with Crippen LogP contribution in [-0.2, 0) is 19.6 Å². The predicted octanol–water partition coefficient (Wildman–Crippen LogP) is 3.45. The third-order valence-electron chi connectivity index (χ3n) is 7.37. The Bertz CT molecular complexity index is 1340. The monoisotopic (exact) mass is 477 g/mol. The SMILES string of the molecule is O=C1COC2(CCN(S(=O)(=O)c3ccc(-c4ccc5ccncc5c4)cc3)CC2)CN1C1CC1. The number of nitrogens with zero attached hydrogens (tertiary/aromatic N) is 3. The lowest BCUT2D eigenvalue weighted by molar-refractivity contribution is -0.170. The number of aromatic nitrogens is 1. The average Bonchev–Trinajstić information content (AvgIpc) is 3.71. The van der Waals surface area contributed by atoms with E-state index in [0.717, 1.165) is 34.7 Å². The summed E-state index contributed by atoms with van der Waals surface area (Å²) in [5.41, 5.74) is 1.56. The van der Waals surface area contributed by atoms with Crippen molar-refractivity contribution in [3.8, 4) is 11.1 Å². The number of ether oxygens (including phenoxy) is 1. The number of hydrogen-bond donors (Lipinski definition) is 0. The van der Waals surface area contributed by atoms with Gasteiger partial charge in [0.25, 0.3) is 0 Å². The molecule has 0 bridgehead atoms. The lowest BCUT2D eigenvalue weighted by Gasteiger charge is -2.46. The topological polar surface area (TPSA) is 79.8 Å². The summed E-state index contributed by atoms with van der Waals surface area (Å²) in [5, 5.41) is 2.17. The molecule has 1 aromatic heterocycles. The molecule has 2 aromatic carbocycles. The van der Waals surface area contributed by atoms with Gasteiger partial charge in [0.2, 0.25) is 15.9 Å². The zero-order chi connectivity index (χ0) is 23.3. The first-order chi connectivity index (χ1) is 16.4. The number of amides is 1. The molecule has 1 amide bonds. The maximum atomic E-state index is 13.3. The lowest BCUT2D eigenvalue weighted by Crippen LogP contribution is -2.59. The molecule has 1 spiro atoms. The molecule has 176 valence electrons. The number of benzene rings is 2. The van der Waals surface area contributed by atoms with Crippen LogP contribution < -0.4 is 0 Å². The van der Waals surface area contributed by atoms with Crippen molar-refractivity contribution in [1.29, 1.82) is 0 Å². The molecular weight excluding hydrogens is 450 g/mol. The van der Waals surface area contributed by atoms with Gasteiger partial charge in [0.15, 0.2) is 0 Å². The number of hydrogen-bond acceptors (Lipinski definition) is 5. The van der Waals surface area contributed by atoms with Crippen LogP contribution in [0.1, 0.15) is 25.7 Å². The number of carbonyl (C=O) groups excluding carboxylic acids is 1. The molecule has 0 unspecified atom stereocenters. The van der Waals surface area contributed by atoms with E-state index in [0.29, 0.717) is 43.4 Å². The van der Waals surface area contributed by atoms with E-state index in [9.17, 15) is 13.2 Å². The zero-order valence-electron chi connectivity index (χ0n) is 18.9. The van der Waals surface area contributed by atoms with Crippen molar-refractivity contribution in [2.45, 2.75) is 42.2 Å². The number of carbonyl (C=O) groups is 1. The summed E-state index contributed by atoms with van der Waals surface area (Å²) in [5.74, 6) is 0.0611. The maximum Gasteiger partial charge on any atom is 0.248 e. The van der Waals surface area contributed by atoms with Crippen molar-refractivity contribution in [1.82, 2.24) is 14.2 Å². The largest absolute Gasteiger partial charge is 0.363 e. The van der Waals surface area contributed by atoms with Crippen LogP contribution in [0.2, 0.25) is 0 Å². The molecule has 3 fully saturated rings. The van der Waals surface area contributed by atoms with Gasteiger partial charge in [0, 0.05) is 36.9 Å². The highest BCUT2D eigenvalue weighted by atomic mass is 32.2. The second-order valence-electron chi connectivity index (χ2n) is 9.59. The first kappa shape index (κ1) is 21.7. The molecule has 8 heteroatoms. The first-order valence-corrected chi connectivity index (χ1v) is 13.3. The van der Waals surface area contributed by atoms with Crippen LogP contribution in [0.5, 0.6) is 0 Å². The maximum absolute atomic E-state index is 13.3. The highest BCUT2D eigenvalue weighted by molar-refractivity contribution is 7.89. The van der Waals surface area contributed by atoms with Crippen LogP contribution >= 0.6 is 0 Å². The van der Waals surface area contributed by atoms with Crippen LogP contribution in [0.15, 0.2) is 65.8 Å². The van der Waals surface area contributed by atoms with Gasteiger partial charge in [-0.25, -0.2) is 8.42 Å². The number of fused-ring (bicyclic) bond motifs is 1. The molecule has 2 saturated heterocycles. The number of morpholine rings is 1. The molecule has 34 heavy (non-hydrogen) atoms. The Morgan fingerprint density at radius 1 is 0.941 bits per heavy atom. The van der Waals surface area contributed by atoms with Crippen molar-refractivity contribution in [2.75, 3.05) is 26.2 Å². The molecule has 3 aromatic rings. The second kappa shape index (κ2) is 8.15. The first-order valence-electron chi connectivity index (χ1n) is 11.8. The van der Waals surface area contributed by atoms with Gasteiger partial charge in [0.1, 0.15) is 6.61 Å². The third-order valence-corrected chi connectivity index (χ3v) is 9.28. The summed E-state index contributed by atoms with van der Waals surface area (Å²) in [6.45, 7) is 1.48. The van der Waals surface area contributed by atoms with Crippen molar-refractivity contribution < 1.29 is 17.9 Å². The Balaban J connectivity index is 1.16. The average molecular weight is 478 g/mol. The predicted molar refractivity (Wildman–Crippen MR) is 129 cm³/mol. The van der Waals surface area contributed by atoms with Crippen molar-refractivity contribution in [3.63, 3.8) is 0 Å². The van der Waals surface area contributed by atoms with Gasteiger partial charge in [-0.05, 0) is 66.5 Å². The minimum atomic E-state index is -3.59. The van der Waals surface area contributed by atoms with Gasteiger partial charge >= 0.3 is 0 Å². The van der Waals surface area contributed by atoms with E-state index in [-0.39, 0.29) is 12.5 Å². The molecule has 7 nitrogen and oxygen atoms in total. The molecule has 0 radical (unpaired) electrons. The molecule has 1 aliphatic carbocycles. The van der Waals surface area contributed by atoms with Crippen LogP contribution in [0.25, 0.3) is 21.9 Å². The van der Waals surface area contributed by atoms with Gasteiger partial charge in [-0.2, -0.15) is 4.31 Å². The van der Waals surface area contributed by atoms with E-state index in [4.69, 9.17) is 4.74 Å². The quantitative estimate of drug-likeness (QED) is 0.575. The Hall–Kier alpha value is -2.81. The normalized spacial score (nSPS) is 21.3. The van der Waals surface area contributed by atoms with E-state index in [1.165, 1.54) is 0 Å². The Morgan fingerprint density at radius 2 is 1.68 bits per heavy atom. The summed E-state index contributed by atoms with van der Waals surface area (Å²) in [6.07, 6.45) is 6.93. The summed E-state index contributed by atoms with van der Waals surface area (Å²) in [7, 11) is -3.59. The second-order valence-corrected chi connectivity index (χ2v) is 11.5. The number of piperidine rings is 1. The Kier molecular flexibility index (Phi) is 5.20. The van der Waals surface area contributed by atoms with Crippen molar-refractivity contribution >= 4 is 26.7 Å². The van der Waals surface area contributed by atoms with E-state index in [2.05, 4.69) is 11.1 Å². The molecule has 1 saturated carbocycles. The smallest absolute Gasteiger partial charge is 0.248 e. The summed E-state index contributed by atoms with van der Waals surface area (Å²) < 4.78 is 34.2. The molecule has 6 rings (SSSR count). The summed E-state index contributed by atoms with van der Waals surface area (Å²) in [6, 6.07) is 15.6. The van der Waals surface area contributed by atoms with Gasteiger partial charge < -0.3 is 9.64 Å². The molecule has 0 N–H and O–H groups in total. The fourth-order valence-corrected chi connectivity index (χ4v) is 6.57. The fourth-order valence-electron chi connectivity index (χ4n) is 5.13. The van der Waals surface area contributed by atoms with Gasteiger partial charge in [-0.15, -0.1) is 0 Å². The number of sulfonamides is 1. The van der Waals surface area contributed by atoms with Gasteiger partial charge in [-0.1, -0.05) is 24.3 Å². The Morgan fingerprint density at radius 3 is 2.41 bits per heavy atom. The van der Waals surface area contributed by atoms with E-state index < -0.39 is 15.6 Å². The molecule has 3 aliphatic rings.